The van der Waals surface area contributed by atoms with E-state index >= 15 is 0 Å². The molecule has 1 aromatic rings. The fourth-order valence-corrected chi connectivity index (χ4v) is 2.57. The Morgan fingerprint density at radius 1 is 1.67 bits per heavy atom. The van der Waals surface area contributed by atoms with Crippen molar-refractivity contribution in [1.29, 1.82) is 0 Å². The van der Waals surface area contributed by atoms with Crippen LogP contribution in [0.25, 0.3) is 0 Å². The van der Waals surface area contributed by atoms with Crippen LogP contribution >= 0.6 is 11.8 Å². The summed E-state index contributed by atoms with van der Waals surface area (Å²) in [5.74, 6) is 0.308. The summed E-state index contributed by atoms with van der Waals surface area (Å²) in [6.07, 6.45) is 2.26. The number of esters is 1. The number of nitrogens with one attached hydrogen (secondary N) is 1. The first-order valence-electron chi connectivity index (χ1n) is 5.98. The van der Waals surface area contributed by atoms with Crippen molar-refractivity contribution in [3.63, 3.8) is 0 Å². The first kappa shape index (κ1) is 13.3. The van der Waals surface area contributed by atoms with E-state index in [0.717, 1.165) is 18.0 Å². The van der Waals surface area contributed by atoms with Crippen LogP contribution in [0.2, 0.25) is 0 Å². The van der Waals surface area contributed by atoms with Crippen molar-refractivity contribution in [3.8, 4) is 0 Å². The average molecular weight is 271 g/mol. The predicted octanol–water partition coefficient (Wildman–Crippen LogP) is 0.251. The molecule has 1 aromatic heterocycles. The predicted molar refractivity (Wildman–Crippen MR) is 66.3 cm³/mol. The van der Waals surface area contributed by atoms with Crippen molar-refractivity contribution >= 4 is 17.7 Å². The van der Waals surface area contributed by atoms with Crippen molar-refractivity contribution < 1.29 is 9.53 Å². The largest absolute Gasteiger partial charge is 0.468 e. The Balaban J connectivity index is 1.91. The highest BCUT2D eigenvalue weighted by Crippen LogP contribution is 2.36. The second-order valence-electron chi connectivity index (χ2n) is 4.08. The summed E-state index contributed by atoms with van der Waals surface area (Å²) in [6.45, 7) is 2.67. The van der Waals surface area contributed by atoms with Gasteiger partial charge in [-0.15, -0.1) is 5.10 Å². The van der Waals surface area contributed by atoms with Gasteiger partial charge >= 0.3 is 5.97 Å². The number of hydrogen-bond acceptors (Lipinski definition) is 7. The smallest absolute Gasteiger partial charge is 0.323 e. The zero-order valence-electron chi connectivity index (χ0n) is 10.5. The Kier molecular flexibility index (Phi) is 4.54. The van der Waals surface area contributed by atoms with E-state index < -0.39 is 0 Å². The van der Waals surface area contributed by atoms with Gasteiger partial charge in [-0.2, -0.15) is 0 Å². The Labute approximate surface area is 110 Å². The minimum Gasteiger partial charge on any atom is -0.468 e. The van der Waals surface area contributed by atoms with E-state index in [1.54, 1.807) is 0 Å². The molecule has 8 heteroatoms. The van der Waals surface area contributed by atoms with Gasteiger partial charge in [0.2, 0.25) is 5.16 Å². The normalized spacial score (nSPS) is 16.6. The zero-order chi connectivity index (χ0) is 13.0. The molecule has 7 nitrogen and oxygen atoms in total. The second kappa shape index (κ2) is 6.14. The molecular formula is C10H17N5O2S. The van der Waals surface area contributed by atoms with Gasteiger partial charge in [0.1, 0.15) is 6.04 Å². The molecule has 0 spiro atoms. The van der Waals surface area contributed by atoms with E-state index in [1.165, 1.54) is 18.9 Å². The van der Waals surface area contributed by atoms with Crippen LogP contribution in [0, 0.1) is 0 Å². The summed E-state index contributed by atoms with van der Waals surface area (Å²) in [6, 6.07) is 0.118. The molecule has 1 N–H and O–H groups in total. The number of ether oxygens (including phenoxy) is 1. The number of nitrogens with zero attached hydrogens (tertiary/aromatic N) is 4. The Hall–Kier alpha value is -1.15. The van der Waals surface area contributed by atoms with Gasteiger partial charge in [-0.25, -0.2) is 4.68 Å². The van der Waals surface area contributed by atoms with Crippen LogP contribution in [0.1, 0.15) is 25.8 Å². The lowest BCUT2D eigenvalue weighted by atomic mass is 10.3. The molecule has 1 unspecified atom stereocenters. The number of methoxy groups -OCH3 is 1. The molecule has 0 amide bonds. The highest BCUT2D eigenvalue weighted by atomic mass is 32.2. The van der Waals surface area contributed by atoms with E-state index in [0.29, 0.717) is 18.3 Å². The van der Waals surface area contributed by atoms with E-state index in [1.807, 2.05) is 11.6 Å². The molecule has 1 aliphatic rings. The summed E-state index contributed by atoms with van der Waals surface area (Å²) in [5.41, 5.74) is 0. The number of likely N-dealkylation sites (N-methyl/N-ethyl adjacent to an activating group) is 1. The molecule has 0 saturated heterocycles. The molecule has 1 heterocycles. The van der Waals surface area contributed by atoms with E-state index in [4.69, 9.17) is 4.74 Å². The van der Waals surface area contributed by atoms with E-state index in [2.05, 4.69) is 20.8 Å². The maximum absolute atomic E-state index is 11.5. The molecule has 1 saturated carbocycles. The van der Waals surface area contributed by atoms with Gasteiger partial charge in [-0.05, 0) is 29.8 Å². The second-order valence-corrected chi connectivity index (χ2v) is 5.07. The first-order chi connectivity index (χ1) is 8.76. The van der Waals surface area contributed by atoms with Gasteiger partial charge in [0, 0.05) is 5.75 Å². The number of thioether (sulfide) groups is 1. The van der Waals surface area contributed by atoms with Gasteiger partial charge in [0.25, 0.3) is 0 Å². The summed E-state index contributed by atoms with van der Waals surface area (Å²) < 4.78 is 6.59. The SMILES string of the molecule is CCNC(CSc1nnnn1C1CC1)C(=O)OC. The van der Waals surface area contributed by atoms with E-state index in [-0.39, 0.29) is 12.0 Å². The third-order valence-electron chi connectivity index (χ3n) is 2.67. The Morgan fingerprint density at radius 2 is 2.44 bits per heavy atom. The van der Waals surface area contributed by atoms with Gasteiger partial charge in [-0.1, -0.05) is 18.7 Å². The molecule has 0 bridgehead atoms. The fraction of sp³-hybridized carbons (Fsp3) is 0.800. The number of rotatable bonds is 7. The lowest BCUT2D eigenvalue weighted by Crippen LogP contribution is -2.39. The van der Waals surface area contributed by atoms with Crippen molar-refractivity contribution in [1.82, 2.24) is 25.5 Å². The van der Waals surface area contributed by atoms with Crippen LogP contribution in [0.15, 0.2) is 5.16 Å². The maximum atomic E-state index is 11.5. The maximum Gasteiger partial charge on any atom is 0.323 e. The zero-order valence-corrected chi connectivity index (χ0v) is 11.3. The summed E-state index contributed by atoms with van der Waals surface area (Å²) in [7, 11) is 1.39. The Bertz CT molecular complexity index is 407. The van der Waals surface area contributed by atoms with Crippen molar-refractivity contribution in [3.05, 3.63) is 0 Å². The monoisotopic (exact) mass is 271 g/mol. The Morgan fingerprint density at radius 3 is 3.06 bits per heavy atom. The van der Waals surface area contributed by atoms with Gasteiger partial charge in [-0.3, -0.25) is 4.79 Å². The average Bonchev–Trinajstić information content (AvgIpc) is 3.13. The molecular weight excluding hydrogens is 254 g/mol. The number of hydrogen-bond donors (Lipinski definition) is 1. The molecule has 1 fully saturated rings. The third-order valence-corrected chi connectivity index (χ3v) is 3.70. The van der Waals surface area contributed by atoms with Crippen LogP contribution in [0.5, 0.6) is 0 Å². The highest BCUT2D eigenvalue weighted by molar-refractivity contribution is 7.99. The van der Waals surface area contributed by atoms with Crippen LogP contribution in [-0.4, -0.2) is 51.6 Å². The molecule has 0 radical (unpaired) electrons. The highest BCUT2D eigenvalue weighted by Gasteiger charge is 2.28. The number of tetrazole rings is 1. The number of carbonyl (C=O) groups excluding carboxylic acids is 1. The molecule has 1 aliphatic carbocycles. The van der Waals surface area contributed by atoms with Crippen molar-refractivity contribution in [2.24, 2.45) is 0 Å². The summed E-state index contributed by atoms with van der Waals surface area (Å²) in [4.78, 5) is 11.5. The summed E-state index contributed by atoms with van der Waals surface area (Å²) in [5, 5.41) is 15.5. The van der Waals surface area contributed by atoms with Gasteiger partial charge < -0.3 is 10.1 Å². The van der Waals surface area contributed by atoms with Crippen LogP contribution < -0.4 is 5.32 Å². The lowest BCUT2D eigenvalue weighted by molar-refractivity contribution is -0.142. The molecule has 0 aromatic carbocycles. The fourth-order valence-electron chi connectivity index (χ4n) is 1.59. The van der Waals surface area contributed by atoms with Crippen molar-refractivity contribution in [2.75, 3.05) is 19.4 Å². The number of aromatic nitrogens is 4. The molecule has 18 heavy (non-hydrogen) atoms. The molecule has 0 aliphatic heterocycles. The van der Waals surface area contributed by atoms with E-state index in [9.17, 15) is 4.79 Å². The minimum atomic E-state index is -0.325. The number of carbonyl (C=O) groups is 1. The first-order valence-corrected chi connectivity index (χ1v) is 6.96. The minimum absolute atomic E-state index is 0.255. The van der Waals surface area contributed by atoms with Crippen LogP contribution in [0.3, 0.4) is 0 Å². The lowest BCUT2D eigenvalue weighted by Gasteiger charge is -2.14. The molecule has 1 atom stereocenters. The van der Waals surface area contributed by atoms with Crippen molar-refractivity contribution in [2.45, 2.75) is 37.0 Å². The van der Waals surface area contributed by atoms with Crippen LogP contribution in [-0.2, 0) is 9.53 Å². The topological polar surface area (TPSA) is 81.9 Å². The summed E-state index contributed by atoms with van der Waals surface area (Å²) >= 11 is 1.48. The molecule has 100 valence electrons. The molecule has 2 rings (SSSR count). The third kappa shape index (κ3) is 3.20. The quantitative estimate of drug-likeness (QED) is 0.562. The van der Waals surface area contributed by atoms with Crippen LogP contribution in [0.4, 0.5) is 0 Å². The van der Waals surface area contributed by atoms with Gasteiger partial charge in [0.05, 0.1) is 13.2 Å². The standard InChI is InChI=1S/C10H17N5O2S/c1-3-11-8(9(16)17-2)6-18-10-12-13-14-15(10)7-4-5-7/h7-8,11H,3-6H2,1-2H3. The van der Waals surface area contributed by atoms with Gasteiger partial charge in [0.15, 0.2) is 0 Å².